The van der Waals surface area contributed by atoms with Crippen molar-refractivity contribution in [2.45, 2.75) is 13.0 Å². The van der Waals surface area contributed by atoms with Gasteiger partial charge in [-0.1, -0.05) is 6.92 Å². The van der Waals surface area contributed by atoms with Gasteiger partial charge in [-0.3, -0.25) is 4.79 Å². The van der Waals surface area contributed by atoms with Crippen LogP contribution in [0.25, 0.3) is 0 Å². The van der Waals surface area contributed by atoms with E-state index in [1.807, 2.05) is 6.92 Å². The largest absolute Gasteiger partial charge is 0.481 e. The standard InChI is InChI=1S/C13H20N2O6/c1-8-5-15(6-9(8)11(16)17)13(19)14-3-4-21-10(7-14)12(18)20-2/h8-10H,3-7H2,1-2H3,(H,16,17)/t8-,9-,10?/m1/s1. The van der Waals surface area contributed by atoms with Crippen LogP contribution in [0.2, 0.25) is 0 Å². The Bertz CT molecular complexity index is 440. The molecule has 0 aliphatic carbocycles. The molecule has 2 aliphatic rings. The van der Waals surface area contributed by atoms with Crippen molar-refractivity contribution in [3.63, 3.8) is 0 Å². The van der Waals surface area contributed by atoms with E-state index in [9.17, 15) is 14.4 Å². The molecule has 1 N–H and O–H groups in total. The van der Waals surface area contributed by atoms with Crippen LogP contribution >= 0.6 is 0 Å². The van der Waals surface area contributed by atoms with Gasteiger partial charge in [-0.25, -0.2) is 9.59 Å². The molecule has 2 heterocycles. The highest BCUT2D eigenvalue weighted by Crippen LogP contribution is 2.24. The summed E-state index contributed by atoms with van der Waals surface area (Å²) in [4.78, 5) is 38.0. The number of carbonyl (C=O) groups excluding carboxylic acids is 2. The van der Waals surface area contributed by atoms with Crippen LogP contribution in [0.1, 0.15) is 6.92 Å². The fourth-order valence-electron chi connectivity index (χ4n) is 2.74. The van der Waals surface area contributed by atoms with E-state index in [4.69, 9.17) is 9.84 Å². The summed E-state index contributed by atoms with van der Waals surface area (Å²) in [5.74, 6) is -2.01. The molecule has 0 aromatic heterocycles. The SMILES string of the molecule is COC(=O)C1CN(C(=O)N2C[C@@H](C)[C@H](C(=O)O)C2)CCO1. The van der Waals surface area contributed by atoms with Crippen molar-refractivity contribution in [3.05, 3.63) is 0 Å². The van der Waals surface area contributed by atoms with Gasteiger partial charge in [0.2, 0.25) is 0 Å². The third-order valence-electron chi connectivity index (χ3n) is 4.00. The van der Waals surface area contributed by atoms with Crippen LogP contribution < -0.4 is 0 Å². The Morgan fingerprint density at radius 2 is 1.90 bits per heavy atom. The van der Waals surface area contributed by atoms with Crippen LogP contribution in [-0.2, 0) is 19.1 Å². The number of esters is 1. The van der Waals surface area contributed by atoms with Crippen molar-refractivity contribution < 1.29 is 29.0 Å². The van der Waals surface area contributed by atoms with Gasteiger partial charge >= 0.3 is 18.0 Å². The predicted molar refractivity (Wildman–Crippen MR) is 70.6 cm³/mol. The third-order valence-corrected chi connectivity index (χ3v) is 4.00. The summed E-state index contributed by atoms with van der Waals surface area (Å²) in [6.07, 6.45) is -0.775. The summed E-state index contributed by atoms with van der Waals surface area (Å²) in [5.41, 5.74) is 0. The van der Waals surface area contributed by atoms with Gasteiger partial charge in [0.1, 0.15) is 0 Å². The Balaban J connectivity index is 1.97. The second kappa shape index (κ2) is 6.30. The Hall–Kier alpha value is -1.83. The maximum Gasteiger partial charge on any atom is 0.336 e. The number of ether oxygens (including phenoxy) is 2. The van der Waals surface area contributed by atoms with Gasteiger partial charge in [-0.05, 0) is 5.92 Å². The van der Waals surface area contributed by atoms with E-state index in [0.717, 1.165) is 0 Å². The van der Waals surface area contributed by atoms with E-state index in [1.165, 1.54) is 16.9 Å². The maximum absolute atomic E-state index is 12.4. The Morgan fingerprint density at radius 3 is 2.48 bits per heavy atom. The van der Waals surface area contributed by atoms with Gasteiger partial charge in [0.15, 0.2) is 6.10 Å². The lowest BCUT2D eigenvalue weighted by molar-refractivity contribution is -0.158. The number of urea groups is 1. The van der Waals surface area contributed by atoms with E-state index in [2.05, 4.69) is 4.74 Å². The summed E-state index contributed by atoms with van der Waals surface area (Å²) in [7, 11) is 1.27. The fraction of sp³-hybridized carbons (Fsp3) is 0.769. The van der Waals surface area contributed by atoms with Gasteiger partial charge in [0.25, 0.3) is 0 Å². The molecule has 2 aliphatic heterocycles. The smallest absolute Gasteiger partial charge is 0.336 e. The summed E-state index contributed by atoms with van der Waals surface area (Å²) < 4.78 is 9.89. The Labute approximate surface area is 122 Å². The van der Waals surface area contributed by atoms with Crippen molar-refractivity contribution in [2.75, 3.05) is 39.9 Å². The van der Waals surface area contributed by atoms with Crippen molar-refractivity contribution in [3.8, 4) is 0 Å². The van der Waals surface area contributed by atoms with E-state index in [0.29, 0.717) is 13.1 Å². The molecular weight excluding hydrogens is 280 g/mol. The number of carbonyl (C=O) groups is 3. The minimum atomic E-state index is -0.882. The fourth-order valence-corrected chi connectivity index (χ4v) is 2.74. The molecule has 2 amide bonds. The molecule has 0 spiro atoms. The third kappa shape index (κ3) is 3.26. The molecule has 0 radical (unpaired) electrons. The Morgan fingerprint density at radius 1 is 1.19 bits per heavy atom. The van der Waals surface area contributed by atoms with Crippen molar-refractivity contribution in [1.29, 1.82) is 0 Å². The van der Waals surface area contributed by atoms with Crippen molar-refractivity contribution in [2.24, 2.45) is 11.8 Å². The van der Waals surface area contributed by atoms with Crippen molar-refractivity contribution in [1.82, 2.24) is 9.80 Å². The highest BCUT2D eigenvalue weighted by Gasteiger charge is 2.40. The number of carboxylic acids is 1. The zero-order chi connectivity index (χ0) is 15.6. The molecule has 0 bridgehead atoms. The van der Waals surface area contributed by atoms with Crippen molar-refractivity contribution >= 4 is 18.0 Å². The average Bonchev–Trinajstić information content (AvgIpc) is 2.88. The minimum absolute atomic E-state index is 0.0797. The van der Waals surface area contributed by atoms with Crippen LogP contribution in [0, 0.1) is 11.8 Å². The molecule has 118 valence electrons. The normalized spacial score (nSPS) is 29.3. The zero-order valence-electron chi connectivity index (χ0n) is 12.2. The lowest BCUT2D eigenvalue weighted by Gasteiger charge is -2.34. The van der Waals surface area contributed by atoms with Gasteiger partial charge in [0.05, 0.1) is 26.2 Å². The van der Waals surface area contributed by atoms with E-state index in [1.54, 1.807) is 0 Å². The molecular formula is C13H20N2O6. The molecule has 21 heavy (non-hydrogen) atoms. The number of morpholine rings is 1. The molecule has 2 rings (SSSR count). The number of hydrogen-bond donors (Lipinski definition) is 1. The van der Waals surface area contributed by atoms with Crippen LogP contribution in [0.15, 0.2) is 0 Å². The molecule has 1 unspecified atom stereocenters. The number of carboxylic acid groups (broad SMARTS) is 1. The number of nitrogens with zero attached hydrogens (tertiary/aromatic N) is 2. The number of rotatable bonds is 2. The van der Waals surface area contributed by atoms with Crippen LogP contribution in [0.3, 0.4) is 0 Å². The monoisotopic (exact) mass is 300 g/mol. The first-order valence-electron chi connectivity index (χ1n) is 6.90. The highest BCUT2D eigenvalue weighted by molar-refractivity contribution is 5.80. The van der Waals surface area contributed by atoms with Gasteiger partial charge in [-0.2, -0.15) is 0 Å². The Kier molecular flexibility index (Phi) is 4.66. The van der Waals surface area contributed by atoms with Crippen LogP contribution in [0.4, 0.5) is 4.79 Å². The molecule has 2 fully saturated rings. The van der Waals surface area contributed by atoms with Gasteiger partial charge < -0.3 is 24.4 Å². The van der Waals surface area contributed by atoms with Gasteiger partial charge in [0, 0.05) is 19.6 Å². The van der Waals surface area contributed by atoms with E-state index < -0.39 is 24.0 Å². The second-order valence-corrected chi connectivity index (χ2v) is 5.44. The molecule has 0 aromatic rings. The molecule has 8 nitrogen and oxygen atoms in total. The molecule has 0 saturated carbocycles. The maximum atomic E-state index is 12.4. The topological polar surface area (TPSA) is 96.4 Å². The first kappa shape index (κ1) is 15.6. The number of likely N-dealkylation sites (tertiary alicyclic amines) is 1. The minimum Gasteiger partial charge on any atom is -0.481 e. The molecule has 8 heteroatoms. The van der Waals surface area contributed by atoms with E-state index in [-0.39, 0.29) is 31.6 Å². The highest BCUT2D eigenvalue weighted by atomic mass is 16.6. The van der Waals surface area contributed by atoms with Crippen LogP contribution in [-0.4, -0.2) is 78.9 Å². The predicted octanol–water partition coefficient (Wildman–Crippen LogP) is -0.367. The average molecular weight is 300 g/mol. The molecule has 0 aromatic carbocycles. The summed E-state index contributed by atoms with van der Waals surface area (Å²) in [6.45, 7) is 3.22. The summed E-state index contributed by atoms with van der Waals surface area (Å²) >= 11 is 0. The summed E-state index contributed by atoms with van der Waals surface area (Å²) in [6, 6.07) is -0.247. The molecule has 2 saturated heterocycles. The van der Waals surface area contributed by atoms with Gasteiger partial charge in [-0.15, -0.1) is 0 Å². The van der Waals surface area contributed by atoms with E-state index >= 15 is 0 Å². The summed E-state index contributed by atoms with van der Waals surface area (Å²) in [5, 5.41) is 9.11. The lowest BCUT2D eigenvalue weighted by Crippen LogP contribution is -2.52. The first-order chi connectivity index (χ1) is 9.93. The zero-order valence-corrected chi connectivity index (χ0v) is 12.2. The van der Waals surface area contributed by atoms with Crippen LogP contribution in [0.5, 0.6) is 0 Å². The number of methoxy groups -OCH3 is 1. The lowest BCUT2D eigenvalue weighted by atomic mass is 9.99. The second-order valence-electron chi connectivity index (χ2n) is 5.44. The first-order valence-corrected chi connectivity index (χ1v) is 6.90. The number of amides is 2. The molecule has 3 atom stereocenters. The quantitative estimate of drug-likeness (QED) is 0.699. The number of hydrogen-bond acceptors (Lipinski definition) is 5. The number of aliphatic carboxylic acids is 1.